The Bertz CT molecular complexity index is 478. The molecule has 0 saturated heterocycles. The van der Waals surface area contributed by atoms with Crippen LogP contribution >= 0.6 is 0 Å². The summed E-state index contributed by atoms with van der Waals surface area (Å²) < 4.78 is 36.1. The molecular weight excluding hydrogens is 267 g/mol. The molecule has 1 heterocycles. The molecule has 0 fully saturated rings. The van der Waals surface area contributed by atoms with Gasteiger partial charge in [-0.3, -0.25) is 10.1 Å². The molecule has 0 saturated carbocycles. The highest BCUT2D eigenvalue weighted by Gasteiger charge is 2.28. The molecule has 0 radical (unpaired) electrons. The van der Waals surface area contributed by atoms with E-state index in [9.17, 15) is 23.3 Å². The van der Waals surface area contributed by atoms with Gasteiger partial charge in [0.15, 0.2) is 0 Å². The van der Waals surface area contributed by atoms with E-state index in [0.29, 0.717) is 0 Å². The largest absolute Gasteiger partial charge is 0.390 e. The molecular formula is C9H12F3N5O2. The van der Waals surface area contributed by atoms with Crippen molar-refractivity contribution in [2.75, 3.05) is 24.2 Å². The molecule has 106 valence electrons. The molecule has 19 heavy (non-hydrogen) atoms. The third-order valence-electron chi connectivity index (χ3n) is 2.17. The number of hydrogen-bond donors (Lipinski definition) is 2. The highest BCUT2D eigenvalue weighted by atomic mass is 19.4. The van der Waals surface area contributed by atoms with Crippen molar-refractivity contribution in [3.63, 3.8) is 0 Å². The van der Waals surface area contributed by atoms with Crippen molar-refractivity contribution in [2.24, 2.45) is 0 Å². The molecule has 0 amide bonds. The normalized spacial score (nSPS) is 11.2. The minimum Gasteiger partial charge on any atom is -0.364 e. The number of rotatable bonds is 5. The van der Waals surface area contributed by atoms with E-state index in [1.54, 1.807) is 0 Å². The highest BCUT2D eigenvalue weighted by Crippen LogP contribution is 2.27. The van der Waals surface area contributed by atoms with E-state index in [4.69, 9.17) is 0 Å². The first-order valence-corrected chi connectivity index (χ1v) is 5.26. The molecule has 0 aliphatic rings. The van der Waals surface area contributed by atoms with Gasteiger partial charge < -0.3 is 10.6 Å². The minimum absolute atomic E-state index is 0.0684. The molecule has 1 aromatic heterocycles. The highest BCUT2D eigenvalue weighted by molar-refractivity contribution is 5.60. The lowest BCUT2D eigenvalue weighted by molar-refractivity contribution is -0.385. The molecule has 0 aliphatic carbocycles. The van der Waals surface area contributed by atoms with Crippen LogP contribution in [0.25, 0.3) is 0 Å². The third-order valence-corrected chi connectivity index (χ3v) is 2.17. The molecule has 0 atom stereocenters. The average Bonchev–Trinajstić information content (AvgIpc) is 2.25. The van der Waals surface area contributed by atoms with Crippen molar-refractivity contribution in [3.8, 4) is 0 Å². The summed E-state index contributed by atoms with van der Waals surface area (Å²) in [5, 5.41) is 15.7. The van der Waals surface area contributed by atoms with Crippen LogP contribution in [0.1, 0.15) is 12.1 Å². The number of aryl methyl sites for hydroxylation is 1. The van der Waals surface area contributed by atoms with Crippen LogP contribution in [0.4, 0.5) is 30.6 Å². The molecule has 2 N–H and O–H groups in total. The van der Waals surface area contributed by atoms with Gasteiger partial charge in [0.1, 0.15) is 5.69 Å². The van der Waals surface area contributed by atoms with Crippen LogP contribution in [0.15, 0.2) is 0 Å². The fourth-order valence-corrected chi connectivity index (χ4v) is 1.34. The smallest absolute Gasteiger partial charge is 0.364 e. The second-order valence-corrected chi connectivity index (χ2v) is 3.63. The number of hydrogen-bond acceptors (Lipinski definition) is 6. The van der Waals surface area contributed by atoms with Crippen LogP contribution < -0.4 is 10.6 Å². The Hall–Kier alpha value is -2.13. The lowest BCUT2D eigenvalue weighted by Gasteiger charge is -2.10. The maximum Gasteiger partial charge on any atom is 0.390 e. The third kappa shape index (κ3) is 4.23. The van der Waals surface area contributed by atoms with Gasteiger partial charge in [-0.15, -0.1) is 0 Å². The second kappa shape index (κ2) is 5.67. The molecule has 0 aliphatic heterocycles. The first-order chi connectivity index (χ1) is 8.74. The van der Waals surface area contributed by atoms with Gasteiger partial charge in [-0.25, -0.2) is 4.98 Å². The summed E-state index contributed by atoms with van der Waals surface area (Å²) in [6.07, 6.45) is -5.45. The number of nitrogens with zero attached hydrogens (tertiary/aromatic N) is 3. The van der Waals surface area contributed by atoms with Crippen molar-refractivity contribution in [3.05, 3.63) is 15.8 Å². The van der Waals surface area contributed by atoms with Crippen LogP contribution in [0.2, 0.25) is 0 Å². The second-order valence-electron chi connectivity index (χ2n) is 3.63. The van der Waals surface area contributed by atoms with E-state index in [2.05, 4.69) is 20.6 Å². The Labute approximate surface area is 106 Å². The van der Waals surface area contributed by atoms with Crippen molar-refractivity contribution in [1.29, 1.82) is 0 Å². The van der Waals surface area contributed by atoms with Gasteiger partial charge in [-0.2, -0.15) is 18.2 Å². The zero-order valence-corrected chi connectivity index (χ0v) is 10.2. The number of aromatic nitrogens is 2. The van der Waals surface area contributed by atoms with Crippen molar-refractivity contribution in [2.45, 2.75) is 19.5 Å². The van der Waals surface area contributed by atoms with Gasteiger partial charge in [-0.1, -0.05) is 0 Å². The number of nitrogens with one attached hydrogen (secondary N) is 2. The topological polar surface area (TPSA) is 93.0 Å². The molecule has 0 unspecified atom stereocenters. The Balaban J connectivity index is 2.96. The van der Waals surface area contributed by atoms with Gasteiger partial charge in [-0.05, 0) is 6.92 Å². The summed E-state index contributed by atoms with van der Waals surface area (Å²) >= 11 is 0. The lowest BCUT2D eigenvalue weighted by Crippen LogP contribution is -2.16. The van der Waals surface area contributed by atoms with Gasteiger partial charge in [0.2, 0.25) is 11.8 Å². The SMILES string of the molecule is CNc1nc(C)c([N+](=O)[O-])c(NCCC(F)(F)F)n1. The first-order valence-electron chi connectivity index (χ1n) is 5.26. The van der Waals surface area contributed by atoms with Gasteiger partial charge in [0.25, 0.3) is 0 Å². The monoisotopic (exact) mass is 279 g/mol. The fourth-order valence-electron chi connectivity index (χ4n) is 1.34. The number of alkyl halides is 3. The molecule has 0 bridgehead atoms. The van der Waals surface area contributed by atoms with Gasteiger partial charge >= 0.3 is 11.9 Å². The summed E-state index contributed by atoms with van der Waals surface area (Å²) in [5.74, 6) is -0.135. The quantitative estimate of drug-likeness (QED) is 0.633. The van der Waals surface area contributed by atoms with Crippen molar-refractivity contribution in [1.82, 2.24) is 9.97 Å². The predicted molar refractivity (Wildman–Crippen MR) is 62.1 cm³/mol. The summed E-state index contributed by atoms with van der Waals surface area (Å²) in [7, 11) is 1.50. The van der Waals surface area contributed by atoms with Gasteiger partial charge in [0.05, 0.1) is 11.3 Å². The molecule has 10 heteroatoms. The van der Waals surface area contributed by atoms with E-state index in [1.165, 1.54) is 14.0 Å². The van der Waals surface area contributed by atoms with Crippen LogP contribution in [0.5, 0.6) is 0 Å². The molecule has 7 nitrogen and oxygen atoms in total. The van der Waals surface area contributed by atoms with E-state index in [1.807, 2.05) is 0 Å². The maximum atomic E-state index is 12.0. The van der Waals surface area contributed by atoms with Crippen LogP contribution in [-0.4, -0.2) is 34.7 Å². The van der Waals surface area contributed by atoms with Gasteiger partial charge in [0, 0.05) is 13.6 Å². The molecule has 1 rings (SSSR count). The summed E-state index contributed by atoms with van der Waals surface area (Å²) in [6.45, 7) is 0.888. The number of nitro groups is 1. The minimum atomic E-state index is -4.34. The van der Waals surface area contributed by atoms with E-state index in [-0.39, 0.29) is 17.5 Å². The zero-order valence-electron chi connectivity index (χ0n) is 10.2. The van der Waals surface area contributed by atoms with Crippen LogP contribution in [0.3, 0.4) is 0 Å². The Morgan fingerprint density at radius 3 is 2.47 bits per heavy atom. The van der Waals surface area contributed by atoms with Crippen molar-refractivity contribution < 1.29 is 18.1 Å². The molecule has 0 aromatic carbocycles. The van der Waals surface area contributed by atoms with Crippen LogP contribution in [0, 0.1) is 17.0 Å². The standard InChI is InChI=1S/C9H12F3N5O2/c1-5-6(17(18)19)7(16-8(13-2)15-5)14-4-3-9(10,11)12/h3-4H2,1-2H3,(H2,13,14,15,16). The number of anilines is 2. The summed E-state index contributed by atoms with van der Waals surface area (Å²) in [4.78, 5) is 17.7. The predicted octanol–water partition coefficient (Wildman–Crippen LogP) is 2.10. The zero-order chi connectivity index (χ0) is 14.6. The van der Waals surface area contributed by atoms with E-state index < -0.39 is 29.8 Å². The fraction of sp³-hybridized carbons (Fsp3) is 0.556. The van der Waals surface area contributed by atoms with Crippen LogP contribution in [-0.2, 0) is 0 Å². The Kier molecular flexibility index (Phi) is 4.46. The molecule has 0 spiro atoms. The maximum absolute atomic E-state index is 12.0. The Morgan fingerprint density at radius 2 is 2.00 bits per heavy atom. The van der Waals surface area contributed by atoms with E-state index >= 15 is 0 Å². The number of halogens is 3. The molecule has 1 aromatic rings. The summed E-state index contributed by atoms with van der Waals surface area (Å²) in [6, 6.07) is 0. The van der Waals surface area contributed by atoms with E-state index in [0.717, 1.165) is 0 Å². The lowest BCUT2D eigenvalue weighted by atomic mass is 10.3. The first kappa shape index (κ1) is 14.9. The van der Waals surface area contributed by atoms with Crippen molar-refractivity contribution >= 4 is 17.5 Å². The average molecular weight is 279 g/mol. The Morgan fingerprint density at radius 1 is 1.37 bits per heavy atom. The summed E-state index contributed by atoms with van der Waals surface area (Å²) in [5.41, 5.74) is -0.361.